The molecule has 1 aliphatic rings. The van der Waals surface area contributed by atoms with E-state index in [0.717, 1.165) is 31.6 Å². The molecule has 116 valence electrons. The second-order valence-corrected chi connectivity index (χ2v) is 5.75. The normalized spacial score (nSPS) is 18.4. The Morgan fingerprint density at radius 3 is 2.82 bits per heavy atom. The molecular weight excluding hydrogens is 278 g/mol. The van der Waals surface area contributed by atoms with E-state index < -0.39 is 0 Å². The molecule has 0 aromatic carbocycles. The van der Waals surface area contributed by atoms with Gasteiger partial charge in [0.2, 0.25) is 5.91 Å². The molecule has 3 heterocycles. The van der Waals surface area contributed by atoms with E-state index in [-0.39, 0.29) is 11.9 Å². The van der Waals surface area contributed by atoms with Crippen molar-refractivity contribution in [2.24, 2.45) is 7.05 Å². The van der Waals surface area contributed by atoms with Gasteiger partial charge >= 0.3 is 0 Å². The first kappa shape index (κ1) is 14.7. The summed E-state index contributed by atoms with van der Waals surface area (Å²) in [7, 11) is 3.89. The minimum Gasteiger partial charge on any atom is -0.308 e. The number of aromatic nitrogens is 3. The molecule has 22 heavy (non-hydrogen) atoms. The van der Waals surface area contributed by atoms with Crippen molar-refractivity contribution in [1.82, 2.24) is 19.7 Å². The third-order valence-corrected chi connectivity index (χ3v) is 4.21. The Morgan fingerprint density at radius 1 is 1.36 bits per heavy atom. The minimum absolute atomic E-state index is 0.0398. The maximum Gasteiger partial charge on any atom is 0.244 e. The smallest absolute Gasteiger partial charge is 0.244 e. The highest BCUT2D eigenvalue weighted by Gasteiger charge is 2.35. The topological polar surface area (TPSA) is 54.3 Å². The number of amides is 1. The molecule has 0 unspecified atom stereocenters. The number of carbonyl (C=O) groups is 1. The summed E-state index contributed by atoms with van der Waals surface area (Å²) >= 11 is 0. The molecule has 6 heteroatoms. The van der Waals surface area contributed by atoms with Crippen molar-refractivity contribution >= 4 is 11.6 Å². The molecule has 2 aromatic rings. The summed E-state index contributed by atoms with van der Waals surface area (Å²) in [6.45, 7) is 1.62. The van der Waals surface area contributed by atoms with Crippen LogP contribution in [0, 0.1) is 0 Å². The third-order valence-electron chi connectivity index (χ3n) is 4.21. The molecule has 2 aromatic heterocycles. The van der Waals surface area contributed by atoms with Crippen LogP contribution in [0.3, 0.4) is 0 Å². The van der Waals surface area contributed by atoms with E-state index in [1.54, 1.807) is 23.3 Å². The zero-order valence-electron chi connectivity index (χ0n) is 13.0. The first-order chi connectivity index (χ1) is 10.6. The molecule has 1 fully saturated rings. The van der Waals surface area contributed by atoms with E-state index in [1.807, 2.05) is 37.3 Å². The van der Waals surface area contributed by atoms with Crippen LogP contribution in [0.2, 0.25) is 0 Å². The van der Waals surface area contributed by atoms with Crippen molar-refractivity contribution in [2.45, 2.75) is 18.9 Å². The summed E-state index contributed by atoms with van der Waals surface area (Å²) in [4.78, 5) is 20.6. The molecular formula is C16H21N5O. The Bertz CT molecular complexity index is 639. The quantitative estimate of drug-likeness (QED) is 0.829. The Labute approximate surface area is 130 Å². The van der Waals surface area contributed by atoms with Crippen LogP contribution in [0.1, 0.15) is 12.0 Å². The van der Waals surface area contributed by atoms with E-state index in [2.05, 4.69) is 15.0 Å². The SMILES string of the molecule is CN(CCc1ccncc1)[C@@H]1CCN(c2cnn(C)c2)C1=O. The van der Waals surface area contributed by atoms with Crippen LogP contribution in [0.25, 0.3) is 0 Å². The summed E-state index contributed by atoms with van der Waals surface area (Å²) in [6.07, 6.45) is 9.03. The molecule has 1 aliphatic heterocycles. The van der Waals surface area contributed by atoms with Gasteiger partial charge < -0.3 is 4.90 Å². The molecule has 0 saturated carbocycles. The Balaban J connectivity index is 1.59. The first-order valence-corrected chi connectivity index (χ1v) is 7.54. The number of likely N-dealkylation sites (N-methyl/N-ethyl adjacent to an activating group) is 1. The molecule has 3 rings (SSSR count). The highest BCUT2D eigenvalue weighted by molar-refractivity contribution is 5.99. The maximum atomic E-state index is 12.6. The van der Waals surface area contributed by atoms with Gasteiger partial charge in [-0.05, 0) is 37.6 Å². The van der Waals surface area contributed by atoms with Crippen LogP contribution in [-0.4, -0.2) is 51.8 Å². The Kier molecular flexibility index (Phi) is 4.20. The van der Waals surface area contributed by atoms with Gasteiger partial charge in [0.25, 0.3) is 0 Å². The van der Waals surface area contributed by atoms with Crippen molar-refractivity contribution in [3.8, 4) is 0 Å². The van der Waals surface area contributed by atoms with E-state index in [9.17, 15) is 4.79 Å². The average Bonchev–Trinajstić information content (AvgIpc) is 3.12. The van der Waals surface area contributed by atoms with Gasteiger partial charge in [-0.15, -0.1) is 0 Å². The van der Waals surface area contributed by atoms with Gasteiger partial charge in [-0.25, -0.2) is 0 Å². The van der Waals surface area contributed by atoms with Crippen molar-refractivity contribution < 1.29 is 4.79 Å². The molecule has 0 spiro atoms. The number of hydrogen-bond acceptors (Lipinski definition) is 4. The summed E-state index contributed by atoms with van der Waals surface area (Å²) in [5, 5.41) is 4.14. The van der Waals surface area contributed by atoms with Gasteiger partial charge in [0.1, 0.15) is 0 Å². The molecule has 0 N–H and O–H groups in total. The van der Waals surface area contributed by atoms with Crippen LogP contribution in [0.5, 0.6) is 0 Å². The second-order valence-electron chi connectivity index (χ2n) is 5.75. The molecule has 1 atom stereocenters. The largest absolute Gasteiger partial charge is 0.308 e. The number of anilines is 1. The van der Waals surface area contributed by atoms with E-state index in [4.69, 9.17) is 0 Å². The lowest BCUT2D eigenvalue weighted by atomic mass is 10.1. The predicted octanol–water partition coefficient (Wildman–Crippen LogP) is 1.09. The number of pyridine rings is 1. The van der Waals surface area contributed by atoms with Gasteiger partial charge in [-0.1, -0.05) is 0 Å². The fraction of sp³-hybridized carbons (Fsp3) is 0.438. The zero-order chi connectivity index (χ0) is 15.5. The van der Waals surface area contributed by atoms with Gasteiger partial charge in [-0.2, -0.15) is 5.10 Å². The van der Waals surface area contributed by atoms with Crippen LogP contribution < -0.4 is 4.90 Å². The highest BCUT2D eigenvalue weighted by Crippen LogP contribution is 2.23. The van der Waals surface area contributed by atoms with Crippen molar-refractivity contribution in [3.63, 3.8) is 0 Å². The fourth-order valence-electron chi connectivity index (χ4n) is 2.89. The van der Waals surface area contributed by atoms with Gasteiger partial charge in [0.15, 0.2) is 0 Å². The molecule has 0 aliphatic carbocycles. The average molecular weight is 299 g/mol. The number of rotatable bonds is 5. The fourth-order valence-corrected chi connectivity index (χ4v) is 2.89. The number of nitrogens with zero attached hydrogens (tertiary/aromatic N) is 5. The standard InChI is InChI=1S/C16H21N5O/c1-19(9-5-13-3-7-17-8-4-13)15-6-10-21(16(15)22)14-11-18-20(2)12-14/h3-4,7-8,11-12,15H,5-6,9-10H2,1-2H3/t15-/m1/s1. The van der Waals surface area contributed by atoms with Gasteiger partial charge in [0, 0.05) is 38.7 Å². The van der Waals surface area contributed by atoms with Crippen LogP contribution in [0.4, 0.5) is 5.69 Å². The van der Waals surface area contributed by atoms with Crippen molar-refractivity contribution in [2.75, 3.05) is 25.0 Å². The summed E-state index contributed by atoms with van der Waals surface area (Å²) in [5.41, 5.74) is 2.13. The van der Waals surface area contributed by atoms with E-state index in [1.165, 1.54) is 5.56 Å². The monoisotopic (exact) mass is 299 g/mol. The van der Waals surface area contributed by atoms with Crippen molar-refractivity contribution in [3.05, 3.63) is 42.5 Å². The Morgan fingerprint density at radius 2 is 2.14 bits per heavy atom. The third kappa shape index (κ3) is 3.01. The molecule has 6 nitrogen and oxygen atoms in total. The Hall–Kier alpha value is -2.21. The van der Waals surface area contributed by atoms with Crippen LogP contribution in [0.15, 0.2) is 36.9 Å². The molecule has 1 saturated heterocycles. The van der Waals surface area contributed by atoms with Gasteiger partial charge in [0.05, 0.1) is 17.9 Å². The number of hydrogen-bond donors (Lipinski definition) is 0. The van der Waals surface area contributed by atoms with Crippen LogP contribution >= 0.6 is 0 Å². The highest BCUT2D eigenvalue weighted by atomic mass is 16.2. The lowest BCUT2D eigenvalue weighted by Crippen LogP contribution is -2.40. The lowest BCUT2D eigenvalue weighted by Gasteiger charge is -2.23. The van der Waals surface area contributed by atoms with Gasteiger partial charge in [-0.3, -0.25) is 19.4 Å². The summed E-state index contributed by atoms with van der Waals surface area (Å²) < 4.78 is 1.73. The summed E-state index contributed by atoms with van der Waals surface area (Å²) in [5.74, 6) is 0.172. The van der Waals surface area contributed by atoms with E-state index >= 15 is 0 Å². The van der Waals surface area contributed by atoms with E-state index in [0.29, 0.717) is 0 Å². The molecule has 0 bridgehead atoms. The number of aryl methyl sites for hydroxylation is 1. The predicted molar refractivity (Wildman–Crippen MR) is 84.5 cm³/mol. The zero-order valence-corrected chi connectivity index (χ0v) is 13.0. The molecule has 0 radical (unpaired) electrons. The maximum absolute atomic E-state index is 12.6. The minimum atomic E-state index is -0.0398. The second kappa shape index (κ2) is 6.27. The van der Waals surface area contributed by atoms with Crippen molar-refractivity contribution in [1.29, 1.82) is 0 Å². The number of carbonyl (C=O) groups excluding carboxylic acids is 1. The van der Waals surface area contributed by atoms with Crippen LogP contribution in [-0.2, 0) is 18.3 Å². The molecule has 1 amide bonds. The first-order valence-electron chi connectivity index (χ1n) is 7.54. The lowest BCUT2D eigenvalue weighted by molar-refractivity contribution is -0.121. The summed E-state index contributed by atoms with van der Waals surface area (Å²) in [6, 6.07) is 4.00.